The molecule has 198 valence electrons. The van der Waals surface area contributed by atoms with Crippen LogP contribution in [0.5, 0.6) is 0 Å². The smallest absolute Gasteiger partial charge is 0.251 e. The Hall–Kier alpha value is -3.23. The van der Waals surface area contributed by atoms with Gasteiger partial charge in [0.1, 0.15) is 0 Å². The summed E-state index contributed by atoms with van der Waals surface area (Å²) < 4.78 is 5.34. The van der Waals surface area contributed by atoms with Crippen LogP contribution in [0.4, 0.5) is 0 Å². The summed E-state index contributed by atoms with van der Waals surface area (Å²) in [5, 5.41) is 25.7. The first-order chi connectivity index (χ1) is 17.8. The Kier molecular flexibility index (Phi) is 7.99. The molecule has 0 bridgehead atoms. The lowest BCUT2D eigenvalue weighted by molar-refractivity contribution is -0.138. The van der Waals surface area contributed by atoms with E-state index in [-0.39, 0.29) is 23.7 Å². The Morgan fingerprint density at radius 3 is 2.68 bits per heavy atom. The number of carbonyl (C=O) groups is 2. The normalized spacial score (nSPS) is 23.4. The molecule has 2 amide bonds. The van der Waals surface area contributed by atoms with Gasteiger partial charge in [-0.25, -0.2) is 0 Å². The number of nitrogens with one attached hydrogen (secondary N) is 3. The molecule has 37 heavy (non-hydrogen) atoms. The Labute approximate surface area is 218 Å². The highest BCUT2D eigenvalue weighted by Gasteiger charge is 2.47. The minimum absolute atomic E-state index is 0.0773. The number of ether oxygens (including phenoxy) is 1. The van der Waals surface area contributed by atoms with Crippen LogP contribution in [0.3, 0.4) is 0 Å². The summed E-state index contributed by atoms with van der Waals surface area (Å²) in [6.45, 7) is 6.38. The van der Waals surface area contributed by atoms with Gasteiger partial charge in [0.25, 0.3) is 5.91 Å². The average Bonchev–Trinajstić information content (AvgIpc) is 3.22. The number of aliphatic hydroxyl groups excluding tert-OH is 1. The quantitative estimate of drug-likeness (QED) is 0.414. The number of hydrogen-bond acceptors (Lipinski definition) is 5. The fourth-order valence-electron chi connectivity index (χ4n) is 5.84. The molecule has 2 aromatic carbocycles. The summed E-state index contributed by atoms with van der Waals surface area (Å²) in [5.74, 6) is -0.629. The van der Waals surface area contributed by atoms with Crippen molar-refractivity contribution in [1.29, 1.82) is 5.41 Å². The molecule has 0 saturated carbocycles. The molecule has 1 saturated heterocycles. The Balaban J connectivity index is 1.61. The summed E-state index contributed by atoms with van der Waals surface area (Å²) in [6.07, 6.45) is 1.77. The maximum Gasteiger partial charge on any atom is 0.251 e. The number of hydrogen-bond donors (Lipinski definition) is 4. The maximum atomic E-state index is 13.6. The van der Waals surface area contributed by atoms with Crippen molar-refractivity contribution < 1.29 is 19.4 Å². The van der Waals surface area contributed by atoms with E-state index in [1.54, 1.807) is 25.3 Å². The second kappa shape index (κ2) is 11.0. The van der Waals surface area contributed by atoms with Crippen molar-refractivity contribution in [1.82, 2.24) is 15.5 Å². The molecule has 1 aliphatic heterocycles. The highest BCUT2D eigenvalue weighted by Crippen LogP contribution is 2.36. The van der Waals surface area contributed by atoms with E-state index < -0.39 is 23.7 Å². The van der Waals surface area contributed by atoms with Gasteiger partial charge in [0.15, 0.2) is 5.96 Å². The SMILES string of the molecule is CCC1(CC)NC(=N)N([C@H](CCOC)c2cccc(C(=O)N[C@@H]3c4ccccc4C[C@H]3O)c2)C(=O)C1C. The van der Waals surface area contributed by atoms with Gasteiger partial charge in [-0.2, -0.15) is 0 Å². The molecule has 0 radical (unpaired) electrons. The van der Waals surface area contributed by atoms with Crippen LogP contribution in [0.15, 0.2) is 48.5 Å². The number of aliphatic hydroxyl groups is 1. The third-order valence-corrected chi connectivity index (χ3v) is 8.24. The Morgan fingerprint density at radius 1 is 1.24 bits per heavy atom. The van der Waals surface area contributed by atoms with Gasteiger partial charge >= 0.3 is 0 Å². The number of nitrogens with zero attached hydrogens (tertiary/aromatic N) is 1. The summed E-state index contributed by atoms with van der Waals surface area (Å²) in [6, 6.07) is 14.0. The lowest BCUT2D eigenvalue weighted by Crippen LogP contribution is -2.67. The van der Waals surface area contributed by atoms with E-state index in [1.807, 2.05) is 51.1 Å². The van der Waals surface area contributed by atoms with Crippen LogP contribution in [0.25, 0.3) is 0 Å². The molecular formula is C29H38N4O4. The third-order valence-electron chi connectivity index (χ3n) is 8.24. The maximum absolute atomic E-state index is 13.6. The highest BCUT2D eigenvalue weighted by molar-refractivity contribution is 6.01. The summed E-state index contributed by atoms with van der Waals surface area (Å²) in [7, 11) is 1.61. The number of amides is 2. The lowest BCUT2D eigenvalue weighted by atomic mass is 9.77. The van der Waals surface area contributed by atoms with Gasteiger partial charge in [-0.05, 0) is 48.1 Å². The Morgan fingerprint density at radius 2 is 1.97 bits per heavy atom. The van der Waals surface area contributed by atoms with Crippen molar-refractivity contribution in [2.45, 2.75) is 70.2 Å². The fourth-order valence-corrected chi connectivity index (χ4v) is 5.84. The summed E-state index contributed by atoms with van der Waals surface area (Å²) >= 11 is 0. The van der Waals surface area contributed by atoms with Gasteiger partial charge in [-0.1, -0.05) is 57.2 Å². The predicted molar refractivity (Wildman–Crippen MR) is 142 cm³/mol. The number of rotatable bonds is 9. The third kappa shape index (κ3) is 5.00. The first kappa shape index (κ1) is 26.8. The van der Waals surface area contributed by atoms with Gasteiger partial charge < -0.3 is 20.5 Å². The van der Waals surface area contributed by atoms with Gasteiger partial charge in [-0.3, -0.25) is 19.9 Å². The van der Waals surface area contributed by atoms with Gasteiger partial charge in [0, 0.05) is 25.7 Å². The van der Waals surface area contributed by atoms with Crippen molar-refractivity contribution in [3.8, 4) is 0 Å². The van der Waals surface area contributed by atoms with Crippen LogP contribution < -0.4 is 10.6 Å². The average molecular weight is 507 g/mol. The molecule has 0 spiro atoms. The van der Waals surface area contributed by atoms with Crippen molar-refractivity contribution in [2.75, 3.05) is 13.7 Å². The molecule has 2 aromatic rings. The van der Waals surface area contributed by atoms with Gasteiger partial charge in [-0.15, -0.1) is 0 Å². The van der Waals surface area contributed by atoms with Gasteiger partial charge in [0.05, 0.1) is 29.6 Å². The fraction of sp³-hybridized carbons (Fsp3) is 0.483. The van der Waals surface area contributed by atoms with Crippen molar-refractivity contribution >= 4 is 17.8 Å². The Bertz CT molecular complexity index is 1160. The van der Waals surface area contributed by atoms with Crippen LogP contribution in [0, 0.1) is 11.3 Å². The largest absolute Gasteiger partial charge is 0.390 e. The minimum atomic E-state index is -0.685. The molecule has 4 atom stereocenters. The van der Waals surface area contributed by atoms with Crippen LogP contribution in [0.2, 0.25) is 0 Å². The first-order valence-corrected chi connectivity index (χ1v) is 13.1. The molecule has 1 aliphatic carbocycles. The number of carbonyl (C=O) groups excluding carboxylic acids is 2. The monoisotopic (exact) mass is 506 g/mol. The van der Waals surface area contributed by atoms with E-state index in [0.717, 1.165) is 29.5 Å². The molecule has 1 fully saturated rings. The topological polar surface area (TPSA) is 115 Å². The van der Waals surface area contributed by atoms with Gasteiger partial charge in [0.2, 0.25) is 5.91 Å². The van der Waals surface area contributed by atoms with Crippen LogP contribution in [0.1, 0.15) is 79.2 Å². The zero-order valence-electron chi connectivity index (χ0n) is 22.1. The zero-order chi connectivity index (χ0) is 26.7. The van der Waals surface area contributed by atoms with E-state index in [4.69, 9.17) is 10.1 Å². The molecule has 1 heterocycles. The molecular weight excluding hydrogens is 468 g/mol. The van der Waals surface area contributed by atoms with E-state index in [2.05, 4.69) is 10.6 Å². The van der Waals surface area contributed by atoms with E-state index in [9.17, 15) is 14.7 Å². The van der Waals surface area contributed by atoms with E-state index >= 15 is 0 Å². The molecule has 8 heteroatoms. The summed E-state index contributed by atoms with van der Waals surface area (Å²) in [4.78, 5) is 28.4. The molecule has 1 unspecified atom stereocenters. The van der Waals surface area contributed by atoms with Crippen molar-refractivity contribution in [2.24, 2.45) is 5.92 Å². The van der Waals surface area contributed by atoms with Crippen LogP contribution in [-0.2, 0) is 16.0 Å². The standard InChI is InChI=1S/C29H38N4O4/c1-5-29(6-2)18(3)27(36)33(28(30)32-29)23(14-15-37-4)20-11-9-12-21(16-20)26(35)31-25-22-13-8-7-10-19(22)17-24(25)34/h7-13,16,18,23-25,34H,5-6,14-15,17H2,1-4H3,(H2,30,32)(H,31,35)/t18?,23-,24-,25-/m1/s1. The lowest BCUT2D eigenvalue weighted by Gasteiger charge is -2.48. The number of fused-ring (bicyclic) bond motifs is 1. The van der Waals surface area contributed by atoms with Crippen molar-refractivity contribution in [3.05, 3.63) is 70.8 Å². The minimum Gasteiger partial charge on any atom is -0.390 e. The number of methoxy groups -OCH3 is 1. The molecule has 2 aliphatic rings. The zero-order valence-corrected chi connectivity index (χ0v) is 22.1. The second-order valence-electron chi connectivity index (χ2n) is 10.1. The second-order valence-corrected chi connectivity index (χ2v) is 10.1. The van der Waals surface area contributed by atoms with E-state index in [1.165, 1.54) is 4.90 Å². The molecule has 8 nitrogen and oxygen atoms in total. The summed E-state index contributed by atoms with van der Waals surface area (Å²) in [5.41, 5.74) is 2.71. The first-order valence-electron chi connectivity index (χ1n) is 13.1. The number of guanidine groups is 1. The predicted octanol–water partition coefficient (Wildman–Crippen LogP) is 3.71. The number of benzene rings is 2. The molecule has 4 rings (SSSR count). The molecule has 0 aromatic heterocycles. The van der Waals surface area contributed by atoms with Crippen LogP contribution in [-0.4, -0.2) is 53.1 Å². The van der Waals surface area contributed by atoms with Crippen molar-refractivity contribution in [3.63, 3.8) is 0 Å². The molecule has 4 N–H and O–H groups in total. The van der Waals surface area contributed by atoms with Crippen LogP contribution >= 0.6 is 0 Å². The highest BCUT2D eigenvalue weighted by atomic mass is 16.5. The van der Waals surface area contributed by atoms with E-state index in [0.29, 0.717) is 25.0 Å².